The van der Waals surface area contributed by atoms with Crippen LogP contribution >= 0.6 is 0 Å². The number of urea groups is 1. The van der Waals surface area contributed by atoms with Crippen LogP contribution in [-0.4, -0.2) is 29.3 Å². The fourth-order valence-corrected chi connectivity index (χ4v) is 3.89. The van der Waals surface area contributed by atoms with E-state index >= 15 is 0 Å². The van der Waals surface area contributed by atoms with Crippen molar-refractivity contribution in [1.82, 2.24) is 10.2 Å². The number of aryl methyl sites for hydroxylation is 2. The number of nitrogens with zero attached hydrogens (tertiary/aromatic N) is 1. The van der Waals surface area contributed by atoms with Gasteiger partial charge in [-0.2, -0.15) is 0 Å². The standard InChI is InChI=1S/C24H23N3O3/c1-15-11-12-16(2)20(13-15)25-21(28)14-27-22(29)24(3,26-23(27)30)19-10-6-8-17-7-4-5-9-18(17)19/h4-13H,14H2,1-3H3,(H,25,28)(H,26,30)/t24-/m1/s1. The number of carbonyl (C=O) groups is 3. The lowest BCUT2D eigenvalue weighted by atomic mass is 9.88. The Balaban J connectivity index is 1.59. The molecule has 0 spiro atoms. The quantitative estimate of drug-likeness (QED) is 0.652. The van der Waals surface area contributed by atoms with Crippen molar-refractivity contribution in [2.24, 2.45) is 0 Å². The molecule has 4 amide bonds. The van der Waals surface area contributed by atoms with Gasteiger partial charge >= 0.3 is 6.03 Å². The Kier molecular flexibility index (Phi) is 4.78. The number of benzene rings is 3. The first-order valence-corrected chi connectivity index (χ1v) is 9.79. The normalized spacial score (nSPS) is 18.6. The number of imide groups is 1. The summed E-state index contributed by atoms with van der Waals surface area (Å²) in [6, 6.07) is 18.5. The largest absolute Gasteiger partial charge is 0.325 e. The predicted octanol–water partition coefficient (Wildman–Crippen LogP) is 3.86. The minimum atomic E-state index is -1.24. The zero-order valence-corrected chi connectivity index (χ0v) is 17.2. The molecule has 1 heterocycles. The SMILES string of the molecule is Cc1ccc(C)c(NC(=O)CN2C(=O)N[C@](C)(c3cccc4ccccc34)C2=O)c1. The maximum atomic E-state index is 13.3. The first-order chi connectivity index (χ1) is 14.3. The monoisotopic (exact) mass is 401 g/mol. The van der Waals surface area contributed by atoms with E-state index in [4.69, 9.17) is 0 Å². The van der Waals surface area contributed by atoms with E-state index in [9.17, 15) is 14.4 Å². The number of nitrogens with one attached hydrogen (secondary N) is 2. The second kappa shape index (κ2) is 7.30. The molecule has 3 aromatic carbocycles. The zero-order chi connectivity index (χ0) is 21.5. The molecule has 2 N–H and O–H groups in total. The topological polar surface area (TPSA) is 78.5 Å². The molecule has 3 aromatic rings. The third-order valence-corrected chi connectivity index (χ3v) is 5.57. The summed E-state index contributed by atoms with van der Waals surface area (Å²) in [7, 11) is 0. The van der Waals surface area contributed by atoms with Gasteiger partial charge < -0.3 is 10.6 Å². The highest BCUT2D eigenvalue weighted by atomic mass is 16.2. The van der Waals surface area contributed by atoms with E-state index in [-0.39, 0.29) is 6.54 Å². The average molecular weight is 401 g/mol. The molecular weight excluding hydrogens is 378 g/mol. The van der Waals surface area contributed by atoms with Gasteiger partial charge in [0.1, 0.15) is 12.1 Å². The van der Waals surface area contributed by atoms with E-state index in [2.05, 4.69) is 10.6 Å². The van der Waals surface area contributed by atoms with E-state index in [0.717, 1.165) is 26.8 Å². The average Bonchev–Trinajstić information content (AvgIpc) is 2.94. The lowest BCUT2D eigenvalue weighted by Gasteiger charge is -2.24. The lowest BCUT2D eigenvalue weighted by Crippen LogP contribution is -2.42. The van der Waals surface area contributed by atoms with Crippen LogP contribution in [-0.2, 0) is 15.1 Å². The summed E-state index contributed by atoms with van der Waals surface area (Å²) < 4.78 is 0. The van der Waals surface area contributed by atoms with Crippen LogP contribution in [0.3, 0.4) is 0 Å². The summed E-state index contributed by atoms with van der Waals surface area (Å²) in [5.74, 6) is -0.866. The molecule has 30 heavy (non-hydrogen) atoms. The molecule has 0 bridgehead atoms. The van der Waals surface area contributed by atoms with Crippen molar-refractivity contribution in [1.29, 1.82) is 0 Å². The fourth-order valence-electron chi connectivity index (χ4n) is 3.89. The zero-order valence-electron chi connectivity index (χ0n) is 17.2. The number of hydrogen-bond donors (Lipinski definition) is 2. The van der Waals surface area contributed by atoms with Crippen molar-refractivity contribution in [3.63, 3.8) is 0 Å². The molecule has 4 rings (SSSR count). The number of anilines is 1. The van der Waals surface area contributed by atoms with Crippen molar-refractivity contribution in [2.45, 2.75) is 26.3 Å². The molecule has 6 nitrogen and oxygen atoms in total. The molecule has 6 heteroatoms. The minimum Gasteiger partial charge on any atom is -0.324 e. The molecule has 0 aromatic heterocycles. The summed E-state index contributed by atoms with van der Waals surface area (Å²) in [5.41, 5.74) is 2.05. The number of fused-ring (bicyclic) bond motifs is 1. The van der Waals surface area contributed by atoms with Gasteiger partial charge in [-0.3, -0.25) is 14.5 Å². The Labute approximate surface area is 174 Å². The Morgan fingerprint density at radius 3 is 2.57 bits per heavy atom. The van der Waals surface area contributed by atoms with Crippen molar-refractivity contribution < 1.29 is 14.4 Å². The van der Waals surface area contributed by atoms with Crippen molar-refractivity contribution in [2.75, 3.05) is 11.9 Å². The number of hydrogen-bond acceptors (Lipinski definition) is 3. The van der Waals surface area contributed by atoms with Gasteiger partial charge in [0.05, 0.1) is 0 Å². The smallest absolute Gasteiger partial charge is 0.324 e. The number of rotatable bonds is 4. The molecule has 1 aliphatic rings. The van der Waals surface area contributed by atoms with Gasteiger partial charge in [0, 0.05) is 5.69 Å². The van der Waals surface area contributed by atoms with Gasteiger partial charge in [-0.05, 0) is 54.3 Å². The van der Waals surface area contributed by atoms with Gasteiger partial charge in [0.15, 0.2) is 0 Å². The Hall–Kier alpha value is -3.67. The molecule has 1 aliphatic heterocycles. The van der Waals surface area contributed by atoms with Crippen molar-refractivity contribution >= 4 is 34.3 Å². The van der Waals surface area contributed by atoms with Crippen molar-refractivity contribution in [3.8, 4) is 0 Å². The lowest BCUT2D eigenvalue weighted by molar-refractivity contribution is -0.133. The second-order valence-electron chi connectivity index (χ2n) is 7.84. The molecule has 0 radical (unpaired) electrons. The summed E-state index contributed by atoms with van der Waals surface area (Å²) >= 11 is 0. The molecule has 0 saturated carbocycles. The molecule has 1 fully saturated rings. The van der Waals surface area contributed by atoms with E-state index < -0.39 is 23.4 Å². The van der Waals surface area contributed by atoms with Gasteiger partial charge in [0.25, 0.3) is 5.91 Å². The first-order valence-electron chi connectivity index (χ1n) is 9.79. The van der Waals surface area contributed by atoms with E-state index in [1.165, 1.54) is 0 Å². The van der Waals surface area contributed by atoms with Gasteiger partial charge in [-0.1, -0.05) is 54.6 Å². The highest BCUT2D eigenvalue weighted by molar-refractivity contribution is 6.11. The van der Waals surface area contributed by atoms with Crippen molar-refractivity contribution in [3.05, 3.63) is 77.4 Å². The number of carbonyl (C=O) groups excluding carboxylic acids is 3. The van der Waals surface area contributed by atoms with Crippen LogP contribution < -0.4 is 10.6 Å². The summed E-state index contributed by atoms with van der Waals surface area (Å²) in [6.45, 7) is 5.15. The van der Waals surface area contributed by atoms with Gasteiger partial charge in [-0.25, -0.2) is 4.79 Å². The molecular formula is C24H23N3O3. The van der Waals surface area contributed by atoms with E-state index in [0.29, 0.717) is 11.3 Å². The van der Waals surface area contributed by atoms with Gasteiger partial charge in [-0.15, -0.1) is 0 Å². The van der Waals surface area contributed by atoms with Crippen LogP contribution in [0.4, 0.5) is 10.5 Å². The first kappa shape index (κ1) is 19.6. The Morgan fingerprint density at radius 1 is 1.03 bits per heavy atom. The molecule has 152 valence electrons. The van der Waals surface area contributed by atoms with Crippen LogP contribution in [0.5, 0.6) is 0 Å². The van der Waals surface area contributed by atoms with Crippen LogP contribution in [0.15, 0.2) is 60.7 Å². The summed E-state index contributed by atoms with van der Waals surface area (Å²) in [6.07, 6.45) is 0. The molecule has 1 saturated heterocycles. The second-order valence-corrected chi connectivity index (χ2v) is 7.84. The summed E-state index contributed by atoms with van der Waals surface area (Å²) in [4.78, 5) is 39.5. The van der Waals surface area contributed by atoms with Crippen LogP contribution in [0.2, 0.25) is 0 Å². The third-order valence-electron chi connectivity index (χ3n) is 5.57. The van der Waals surface area contributed by atoms with E-state index in [1.807, 2.05) is 74.5 Å². The highest BCUT2D eigenvalue weighted by Gasteiger charge is 2.50. The predicted molar refractivity (Wildman–Crippen MR) is 116 cm³/mol. The molecule has 0 unspecified atom stereocenters. The Bertz CT molecular complexity index is 1180. The van der Waals surface area contributed by atoms with Crippen LogP contribution in [0, 0.1) is 13.8 Å². The molecule has 0 aliphatic carbocycles. The van der Waals surface area contributed by atoms with Crippen LogP contribution in [0.1, 0.15) is 23.6 Å². The highest BCUT2D eigenvalue weighted by Crippen LogP contribution is 2.33. The third kappa shape index (κ3) is 3.30. The minimum absolute atomic E-state index is 0.349. The Morgan fingerprint density at radius 2 is 1.77 bits per heavy atom. The maximum absolute atomic E-state index is 13.3. The maximum Gasteiger partial charge on any atom is 0.325 e. The van der Waals surface area contributed by atoms with E-state index in [1.54, 1.807) is 6.92 Å². The van der Waals surface area contributed by atoms with Crippen LogP contribution in [0.25, 0.3) is 10.8 Å². The number of amides is 4. The fraction of sp³-hybridized carbons (Fsp3) is 0.208. The van der Waals surface area contributed by atoms with Gasteiger partial charge in [0.2, 0.25) is 5.91 Å². The molecule has 1 atom stereocenters. The summed E-state index contributed by atoms with van der Waals surface area (Å²) in [5, 5.41) is 7.45.